The van der Waals surface area contributed by atoms with E-state index >= 15 is 0 Å². The molecule has 1 unspecified atom stereocenters. The van der Waals surface area contributed by atoms with Gasteiger partial charge in [-0.05, 0) is 60.1 Å². The molecule has 0 saturated carbocycles. The SMILES string of the molecule is CC(Cc1ccsc1)n1c(-c2ccncc2)n[nH]c1=S. The van der Waals surface area contributed by atoms with Crippen molar-refractivity contribution in [3.05, 3.63) is 51.7 Å². The average Bonchev–Trinajstić information content (AvgIpc) is 3.09. The first-order valence-corrected chi connectivity index (χ1v) is 7.69. The molecule has 0 aliphatic carbocycles. The van der Waals surface area contributed by atoms with Gasteiger partial charge in [-0.15, -0.1) is 0 Å². The Morgan fingerprint density at radius 3 is 2.85 bits per heavy atom. The fourth-order valence-corrected chi connectivity index (χ4v) is 3.25. The number of aromatic amines is 1. The fourth-order valence-electron chi connectivity index (χ4n) is 2.26. The number of H-pyrrole nitrogens is 1. The van der Waals surface area contributed by atoms with Gasteiger partial charge < -0.3 is 0 Å². The summed E-state index contributed by atoms with van der Waals surface area (Å²) in [6.45, 7) is 2.16. The Morgan fingerprint density at radius 1 is 1.35 bits per heavy atom. The van der Waals surface area contributed by atoms with Crippen LogP contribution in [0.15, 0.2) is 41.4 Å². The first kappa shape index (κ1) is 13.2. The van der Waals surface area contributed by atoms with Crippen LogP contribution < -0.4 is 0 Å². The Morgan fingerprint density at radius 2 is 2.15 bits per heavy atom. The highest BCUT2D eigenvalue weighted by atomic mass is 32.1. The number of rotatable bonds is 4. The maximum Gasteiger partial charge on any atom is 0.195 e. The van der Waals surface area contributed by atoms with Crippen molar-refractivity contribution in [2.45, 2.75) is 19.4 Å². The standard InChI is InChI=1S/C14H14N4S2/c1-10(8-11-4-7-20-9-11)18-13(16-17-14(18)19)12-2-5-15-6-3-12/h2-7,9-10H,8H2,1H3,(H,17,19). The highest BCUT2D eigenvalue weighted by Crippen LogP contribution is 2.23. The lowest BCUT2D eigenvalue weighted by molar-refractivity contribution is 0.543. The molecule has 0 spiro atoms. The number of hydrogen-bond acceptors (Lipinski definition) is 4. The van der Waals surface area contributed by atoms with Crippen molar-refractivity contribution in [3.63, 3.8) is 0 Å². The van der Waals surface area contributed by atoms with Gasteiger partial charge in [0, 0.05) is 24.0 Å². The quantitative estimate of drug-likeness (QED) is 0.744. The summed E-state index contributed by atoms with van der Waals surface area (Å²) in [6, 6.07) is 6.29. The fraction of sp³-hybridized carbons (Fsp3) is 0.214. The van der Waals surface area contributed by atoms with E-state index in [0.29, 0.717) is 4.77 Å². The maximum atomic E-state index is 5.38. The van der Waals surface area contributed by atoms with Crippen molar-refractivity contribution in [1.29, 1.82) is 0 Å². The van der Waals surface area contributed by atoms with Crippen molar-refractivity contribution in [3.8, 4) is 11.4 Å². The Kier molecular flexibility index (Phi) is 3.75. The molecule has 4 nitrogen and oxygen atoms in total. The van der Waals surface area contributed by atoms with Crippen molar-refractivity contribution in [2.75, 3.05) is 0 Å². The van der Waals surface area contributed by atoms with Crippen LogP contribution in [-0.2, 0) is 6.42 Å². The van der Waals surface area contributed by atoms with Gasteiger partial charge in [-0.1, -0.05) is 0 Å². The average molecular weight is 302 g/mol. The molecule has 0 bridgehead atoms. The van der Waals surface area contributed by atoms with Gasteiger partial charge >= 0.3 is 0 Å². The summed E-state index contributed by atoms with van der Waals surface area (Å²) in [6.07, 6.45) is 4.47. The molecule has 3 aromatic rings. The van der Waals surface area contributed by atoms with Crippen LogP contribution >= 0.6 is 23.6 Å². The van der Waals surface area contributed by atoms with Gasteiger partial charge in [0.2, 0.25) is 0 Å². The van der Waals surface area contributed by atoms with Gasteiger partial charge in [0.1, 0.15) is 0 Å². The van der Waals surface area contributed by atoms with Crippen LogP contribution in [-0.4, -0.2) is 19.7 Å². The summed E-state index contributed by atoms with van der Waals surface area (Å²) in [4.78, 5) is 4.04. The van der Waals surface area contributed by atoms with Gasteiger partial charge in [0.15, 0.2) is 10.6 Å². The van der Waals surface area contributed by atoms with Gasteiger partial charge in [-0.2, -0.15) is 16.4 Å². The second-order valence-electron chi connectivity index (χ2n) is 4.64. The minimum Gasteiger partial charge on any atom is -0.297 e. The molecule has 3 rings (SSSR count). The largest absolute Gasteiger partial charge is 0.297 e. The lowest BCUT2D eigenvalue weighted by Gasteiger charge is -2.15. The van der Waals surface area contributed by atoms with Crippen LogP contribution in [0.3, 0.4) is 0 Å². The lowest BCUT2D eigenvalue weighted by atomic mass is 10.1. The molecule has 6 heteroatoms. The molecule has 1 N–H and O–H groups in total. The van der Waals surface area contributed by atoms with Crippen LogP contribution in [0.1, 0.15) is 18.5 Å². The Bertz CT molecular complexity index is 728. The Hall–Kier alpha value is -1.79. The molecular weight excluding hydrogens is 288 g/mol. The first-order valence-electron chi connectivity index (χ1n) is 6.34. The Labute approximate surface area is 126 Å². The highest BCUT2D eigenvalue weighted by molar-refractivity contribution is 7.71. The topological polar surface area (TPSA) is 46.5 Å². The van der Waals surface area contributed by atoms with E-state index in [9.17, 15) is 0 Å². The van der Waals surface area contributed by atoms with E-state index in [1.807, 2.05) is 12.1 Å². The zero-order chi connectivity index (χ0) is 13.9. The van der Waals surface area contributed by atoms with Gasteiger partial charge in [0.25, 0.3) is 0 Å². The number of pyridine rings is 1. The van der Waals surface area contributed by atoms with E-state index in [2.05, 4.69) is 43.5 Å². The predicted molar refractivity (Wildman–Crippen MR) is 83.4 cm³/mol. The summed E-state index contributed by atoms with van der Waals surface area (Å²) in [5.41, 5.74) is 2.34. The predicted octanol–water partition coefficient (Wildman–Crippen LogP) is 3.87. The molecule has 0 fully saturated rings. The van der Waals surface area contributed by atoms with Crippen LogP contribution in [0.4, 0.5) is 0 Å². The minimum absolute atomic E-state index is 0.249. The normalized spacial score (nSPS) is 12.4. The molecule has 0 amide bonds. The second-order valence-corrected chi connectivity index (χ2v) is 5.81. The summed E-state index contributed by atoms with van der Waals surface area (Å²) in [5.74, 6) is 0.861. The molecule has 0 aromatic carbocycles. The van der Waals surface area contributed by atoms with E-state index in [-0.39, 0.29) is 6.04 Å². The summed E-state index contributed by atoms with van der Waals surface area (Å²) in [5, 5.41) is 11.5. The van der Waals surface area contributed by atoms with Crippen molar-refractivity contribution in [1.82, 2.24) is 19.7 Å². The molecular formula is C14H14N4S2. The number of nitrogens with zero attached hydrogens (tertiary/aromatic N) is 3. The monoisotopic (exact) mass is 302 g/mol. The molecule has 3 heterocycles. The summed E-state index contributed by atoms with van der Waals surface area (Å²) < 4.78 is 2.72. The van der Waals surface area contributed by atoms with Crippen LogP contribution in [0, 0.1) is 4.77 Å². The molecule has 0 saturated heterocycles. The molecule has 0 aliphatic heterocycles. The third-order valence-corrected chi connectivity index (χ3v) is 4.21. The molecule has 0 radical (unpaired) electrons. The van der Waals surface area contributed by atoms with Crippen LogP contribution in [0.2, 0.25) is 0 Å². The van der Waals surface area contributed by atoms with E-state index < -0.39 is 0 Å². The van der Waals surface area contributed by atoms with E-state index in [0.717, 1.165) is 17.8 Å². The zero-order valence-corrected chi connectivity index (χ0v) is 12.6. The van der Waals surface area contributed by atoms with Gasteiger partial charge in [-0.3, -0.25) is 14.6 Å². The lowest BCUT2D eigenvalue weighted by Crippen LogP contribution is -2.10. The molecule has 20 heavy (non-hydrogen) atoms. The van der Waals surface area contributed by atoms with Crippen molar-refractivity contribution < 1.29 is 0 Å². The van der Waals surface area contributed by atoms with Crippen molar-refractivity contribution >= 4 is 23.6 Å². The van der Waals surface area contributed by atoms with E-state index in [1.165, 1.54) is 5.56 Å². The summed E-state index contributed by atoms with van der Waals surface area (Å²) in [7, 11) is 0. The number of thiophene rings is 1. The minimum atomic E-state index is 0.249. The molecule has 1 atom stereocenters. The molecule has 3 aromatic heterocycles. The summed E-state index contributed by atoms with van der Waals surface area (Å²) >= 11 is 7.09. The third-order valence-electron chi connectivity index (χ3n) is 3.19. The zero-order valence-electron chi connectivity index (χ0n) is 11.0. The van der Waals surface area contributed by atoms with E-state index in [4.69, 9.17) is 12.2 Å². The Balaban J connectivity index is 1.97. The number of hydrogen-bond donors (Lipinski definition) is 1. The highest BCUT2D eigenvalue weighted by Gasteiger charge is 2.15. The van der Waals surface area contributed by atoms with Gasteiger partial charge in [-0.25, -0.2) is 0 Å². The third kappa shape index (κ3) is 2.57. The van der Waals surface area contributed by atoms with Crippen molar-refractivity contribution in [2.24, 2.45) is 0 Å². The second kappa shape index (κ2) is 5.68. The smallest absolute Gasteiger partial charge is 0.195 e. The molecule has 102 valence electrons. The van der Waals surface area contributed by atoms with Crippen LogP contribution in [0.25, 0.3) is 11.4 Å². The van der Waals surface area contributed by atoms with E-state index in [1.54, 1.807) is 23.7 Å². The van der Waals surface area contributed by atoms with Gasteiger partial charge in [0.05, 0.1) is 0 Å². The number of aromatic nitrogens is 4. The first-order chi connectivity index (χ1) is 9.75. The number of nitrogens with one attached hydrogen (secondary N) is 1. The van der Waals surface area contributed by atoms with Crippen LogP contribution in [0.5, 0.6) is 0 Å². The maximum absolute atomic E-state index is 5.38. The molecule has 0 aliphatic rings.